The van der Waals surface area contributed by atoms with Gasteiger partial charge in [0.25, 0.3) is 0 Å². The molecule has 1 aliphatic heterocycles. The van der Waals surface area contributed by atoms with Gasteiger partial charge in [0.15, 0.2) is 9.84 Å². The zero-order valence-electron chi connectivity index (χ0n) is 12.7. The van der Waals surface area contributed by atoms with E-state index >= 15 is 0 Å². The van der Waals surface area contributed by atoms with E-state index in [0.29, 0.717) is 17.1 Å². The molecule has 7 heteroatoms. The molecule has 0 saturated carbocycles. The van der Waals surface area contributed by atoms with Crippen molar-refractivity contribution in [3.63, 3.8) is 0 Å². The Bertz CT molecular complexity index is 882. The molecule has 1 aromatic carbocycles. The lowest BCUT2D eigenvalue weighted by molar-refractivity contribution is -0.114. The summed E-state index contributed by atoms with van der Waals surface area (Å²) in [6.45, 7) is 5.36. The first-order valence-corrected chi connectivity index (χ1v) is 8.75. The lowest BCUT2D eigenvalue weighted by atomic mass is 10.1. The fourth-order valence-corrected chi connectivity index (χ4v) is 4.25. The predicted octanol–water partition coefficient (Wildman–Crippen LogP) is 1.88. The van der Waals surface area contributed by atoms with Crippen molar-refractivity contribution in [2.24, 2.45) is 0 Å². The van der Waals surface area contributed by atoms with Crippen LogP contribution in [0.3, 0.4) is 0 Å². The number of fused-ring (bicyclic) bond motifs is 1. The number of carbonyl (C=O) groups excluding carboxylic acids is 1. The largest absolute Gasteiger partial charge is 0.311 e. The molecule has 2 heterocycles. The monoisotopic (exact) mass is 319 g/mol. The molecule has 1 N–H and O–H groups in total. The number of amides is 1. The van der Waals surface area contributed by atoms with Crippen LogP contribution < -0.4 is 5.32 Å². The minimum atomic E-state index is -3.16. The van der Waals surface area contributed by atoms with E-state index in [2.05, 4.69) is 10.4 Å². The summed E-state index contributed by atoms with van der Waals surface area (Å²) < 4.78 is 25.2. The van der Waals surface area contributed by atoms with Crippen molar-refractivity contribution in [2.75, 3.05) is 5.32 Å². The molecular weight excluding hydrogens is 302 g/mol. The molecule has 1 amide bonds. The zero-order valence-corrected chi connectivity index (χ0v) is 13.5. The molecule has 0 atom stereocenters. The van der Waals surface area contributed by atoms with Crippen LogP contribution in [0.4, 0.5) is 5.82 Å². The molecule has 0 bridgehead atoms. The van der Waals surface area contributed by atoms with Gasteiger partial charge in [0, 0.05) is 12.5 Å². The van der Waals surface area contributed by atoms with Crippen molar-refractivity contribution in [1.82, 2.24) is 9.78 Å². The van der Waals surface area contributed by atoms with Gasteiger partial charge >= 0.3 is 0 Å². The first kappa shape index (κ1) is 14.8. The Morgan fingerprint density at radius 1 is 1.27 bits per heavy atom. The summed E-state index contributed by atoms with van der Waals surface area (Å²) in [5, 5.41) is 7.15. The van der Waals surface area contributed by atoms with E-state index in [4.69, 9.17) is 0 Å². The van der Waals surface area contributed by atoms with E-state index in [1.54, 1.807) is 4.68 Å². The number of hydrogen-bond acceptors (Lipinski definition) is 4. The first-order chi connectivity index (χ1) is 10.3. The van der Waals surface area contributed by atoms with Crippen LogP contribution in [0, 0.1) is 13.8 Å². The quantitative estimate of drug-likeness (QED) is 0.916. The molecule has 116 valence electrons. The van der Waals surface area contributed by atoms with E-state index in [-0.39, 0.29) is 17.4 Å². The number of anilines is 1. The molecule has 0 saturated heterocycles. The maximum Gasteiger partial charge on any atom is 0.222 e. The predicted molar refractivity (Wildman–Crippen MR) is 83.7 cm³/mol. The highest BCUT2D eigenvalue weighted by molar-refractivity contribution is 7.90. The van der Waals surface area contributed by atoms with Crippen LogP contribution in [0.1, 0.15) is 29.3 Å². The molecular formula is C15H17N3O3S. The summed E-state index contributed by atoms with van der Waals surface area (Å²) >= 11 is 0. The normalized spacial score (nSPS) is 15.6. The van der Waals surface area contributed by atoms with Gasteiger partial charge in [-0.3, -0.25) is 4.79 Å². The molecule has 0 aliphatic carbocycles. The number of carbonyl (C=O) groups is 1. The smallest absolute Gasteiger partial charge is 0.222 e. The number of nitrogens with zero attached hydrogens (tertiary/aromatic N) is 2. The number of benzene rings is 1. The Balaban J connectivity index is 2.19. The van der Waals surface area contributed by atoms with Gasteiger partial charge in [-0.1, -0.05) is 17.7 Å². The zero-order chi connectivity index (χ0) is 16.1. The van der Waals surface area contributed by atoms with Gasteiger partial charge in [-0.05, 0) is 25.5 Å². The van der Waals surface area contributed by atoms with E-state index < -0.39 is 9.84 Å². The fraction of sp³-hybridized carbons (Fsp3) is 0.333. The summed E-state index contributed by atoms with van der Waals surface area (Å²) in [4.78, 5) is 11.5. The lowest BCUT2D eigenvalue weighted by Gasteiger charge is -2.12. The van der Waals surface area contributed by atoms with Gasteiger partial charge in [0.1, 0.15) is 5.82 Å². The van der Waals surface area contributed by atoms with Crippen molar-refractivity contribution in [3.05, 3.63) is 40.6 Å². The first-order valence-electron chi connectivity index (χ1n) is 6.93. The lowest BCUT2D eigenvalue weighted by Crippen LogP contribution is -2.14. The Hall–Kier alpha value is -2.15. The highest BCUT2D eigenvalue weighted by Gasteiger charge is 2.33. The van der Waals surface area contributed by atoms with E-state index in [0.717, 1.165) is 16.8 Å². The van der Waals surface area contributed by atoms with Crippen LogP contribution in [0.15, 0.2) is 18.2 Å². The highest BCUT2D eigenvalue weighted by atomic mass is 32.2. The number of nitrogens with one attached hydrogen (secondary N) is 1. The molecule has 1 aromatic heterocycles. The number of rotatable bonds is 2. The molecule has 1 aliphatic rings. The van der Waals surface area contributed by atoms with Crippen LogP contribution in [-0.4, -0.2) is 24.1 Å². The second-order valence-corrected chi connectivity index (χ2v) is 7.75. The van der Waals surface area contributed by atoms with Gasteiger partial charge in [-0.25, -0.2) is 13.1 Å². The molecule has 0 unspecified atom stereocenters. The summed E-state index contributed by atoms with van der Waals surface area (Å²) in [6, 6.07) is 5.91. The minimum Gasteiger partial charge on any atom is -0.311 e. The standard InChI is InChI=1S/C15H17N3O3S/c1-9-4-5-14(10(2)6-9)18-15(16-11(3)19)12-7-22(20,21)8-13(12)17-18/h4-6H,7-8H2,1-3H3,(H,16,19). The second-order valence-electron chi connectivity index (χ2n) is 5.69. The van der Waals surface area contributed by atoms with Crippen LogP contribution >= 0.6 is 0 Å². The third kappa shape index (κ3) is 2.52. The van der Waals surface area contributed by atoms with E-state index in [1.807, 2.05) is 32.0 Å². The molecule has 0 spiro atoms. The Morgan fingerprint density at radius 2 is 2.00 bits per heavy atom. The number of sulfone groups is 1. The van der Waals surface area contributed by atoms with Crippen molar-refractivity contribution in [1.29, 1.82) is 0 Å². The van der Waals surface area contributed by atoms with Crippen molar-refractivity contribution in [2.45, 2.75) is 32.3 Å². The van der Waals surface area contributed by atoms with Gasteiger partial charge < -0.3 is 5.32 Å². The van der Waals surface area contributed by atoms with Crippen LogP contribution in [0.2, 0.25) is 0 Å². The van der Waals surface area contributed by atoms with Gasteiger partial charge in [0.2, 0.25) is 5.91 Å². The minimum absolute atomic E-state index is 0.0766. The average molecular weight is 319 g/mol. The maximum atomic E-state index is 11.8. The van der Waals surface area contributed by atoms with Crippen LogP contribution in [0.25, 0.3) is 5.69 Å². The maximum absolute atomic E-state index is 11.8. The molecule has 0 fully saturated rings. The molecule has 6 nitrogen and oxygen atoms in total. The Labute approximate surface area is 129 Å². The van der Waals surface area contributed by atoms with Crippen molar-refractivity contribution < 1.29 is 13.2 Å². The Kier molecular flexibility index (Phi) is 3.32. The third-order valence-electron chi connectivity index (χ3n) is 3.66. The third-order valence-corrected chi connectivity index (χ3v) is 5.10. The topological polar surface area (TPSA) is 81.1 Å². The van der Waals surface area contributed by atoms with E-state index in [1.165, 1.54) is 6.92 Å². The Morgan fingerprint density at radius 3 is 2.64 bits per heavy atom. The van der Waals surface area contributed by atoms with Gasteiger partial charge in [-0.15, -0.1) is 0 Å². The molecule has 0 radical (unpaired) electrons. The SMILES string of the molecule is CC(=O)Nc1c2c(nn1-c1ccc(C)cc1C)CS(=O)(=O)C2. The van der Waals surface area contributed by atoms with Crippen LogP contribution in [0.5, 0.6) is 0 Å². The van der Waals surface area contributed by atoms with Crippen LogP contribution in [-0.2, 0) is 26.1 Å². The summed E-state index contributed by atoms with van der Waals surface area (Å²) in [5.74, 6) is 0.0453. The van der Waals surface area contributed by atoms with Crippen molar-refractivity contribution in [3.8, 4) is 5.69 Å². The second kappa shape index (κ2) is 4.95. The van der Waals surface area contributed by atoms with Gasteiger partial charge in [0.05, 0.1) is 22.9 Å². The average Bonchev–Trinajstić information content (AvgIpc) is 2.83. The van der Waals surface area contributed by atoms with E-state index in [9.17, 15) is 13.2 Å². The highest BCUT2D eigenvalue weighted by Crippen LogP contribution is 2.33. The van der Waals surface area contributed by atoms with Crippen molar-refractivity contribution >= 4 is 21.6 Å². The number of aryl methyl sites for hydroxylation is 2. The molecule has 3 rings (SSSR count). The number of hydrogen-bond donors (Lipinski definition) is 1. The summed E-state index contributed by atoms with van der Waals surface area (Å²) in [5.41, 5.74) is 4.08. The van der Waals surface area contributed by atoms with Gasteiger partial charge in [-0.2, -0.15) is 5.10 Å². The number of aromatic nitrogens is 2. The molecule has 22 heavy (non-hydrogen) atoms. The summed E-state index contributed by atoms with van der Waals surface area (Å²) in [6.07, 6.45) is 0. The summed E-state index contributed by atoms with van der Waals surface area (Å²) in [7, 11) is -3.16. The molecule has 2 aromatic rings. The fourth-order valence-electron chi connectivity index (χ4n) is 2.75.